The monoisotopic (exact) mass is 288 g/mol. The fourth-order valence-electron chi connectivity index (χ4n) is 1.84. The van der Waals surface area contributed by atoms with Gasteiger partial charge in [0.25, 0.3) is 0 Å². The second-order valence-electron chi connectivity index (χ2n) is 4.07. The molecule has 0 bridgehead atoms. The van der Waals surface area contributed by atoms with Gasteiger partial charge in [0.2, 0.25) is 5.13 Å². The summed E-state index contributed by atoms with van der Waals surface area (Å²) in [5.41, 5.74) is 1.78. The first kappa shape index (κ1) is 12.6. The van der Waals surface area contributed by atoms with E-state index in [1.807, 2.05) is 5.38 Å². The molecule has 3 rings (SSSR count). The molecule has 0 aliphatic heterocycles. The summed E-state index contributed by atoms with van der Waals surface area (Å²) in [5.74, 6) is -0.295. The van der Waals surface area contributed by atoms with Crippen molar-refractivity contribution in [3.63, 3.8) is 0 Å². The van der Waals surface area contributed by atoms with Crippen LogP contribution in [0.25, 0.3) is 5.13 Å². The van der Waals surface area contributed by atoms with E-state index in [1.54, 1.807) is 18.3 Å². The highest BCUT2D eigenvalue weighted by atomic mass is 32.1. The van der Waals surface area contributed by atoms with Gasteiger partial charge in [-0.2, -0.15) is 4.68 Å². The van der Waals surface area contributed by atoms with Crippen LogP contribution < -0.4 is 0 Å². The Balaban J connectivity index is 2.01. The zero-order valence-corrected chi connectivity index (χ0v) is 11.0. The average Bonchev–Trinajstić information content (AvgIpc) is 3.10. The third kappa shape index (κ3) is 2.35. The number of carbonyl (C=O) groups excluding carboxylic acids is 1. The molecule has 0 aliphatic rings. The van der Waals surface area contributed by atoms with Gasteiger partial charge in [-0.1, -0.05) is 17.3 Å². The number of halogens is 1. The third-order valence-corrected chi connectivity index (χ3v) is 3.54. The Morgan fingerprint density at radius 1 is 1.30 bits per heavy atom. The van der Waals surface area contributed by atoms with Crippen LogP contribution in [0.15, 0.2) is 35.8 Å². The van der Waals surface area contributed by atoms with E-state index in [1.165, 1.54) is 28.2 Å². The van der Waals surface area contributed by atoms with Crippen molar-refractivity contribution < 1.29 is 9.18 Å². The number of hydrogen-bond donors (Lipinski definition) is 0. The van der Waals surface area contributed by atoms with Gasteiger partial charge in [0, 0.05) is 18.0 Å². The number of aldehydes is 1. The lowest BCUT2D eigenvalue weighted by Gasteiger charge is -2.04. The zero-order chi connectivity index (χ0) is 13.9. The van der Waals surface area contributed by atoms with E-state index in [-0.39, 0.29) is 11.5 Å². The molecule has 0 saturated carbocycles. The third-order valence-electron chi connectivity index (χ3n) is 2.79. The summed E-state index contributed by atoms with van der Waals surface area (Å²) in [6, 6.07) is 6.10. The van der Waals surface area contributed by atoms with Crippen LogP contribution in [0.4, 0.5) is 4.39 Å². The Morgan fingerprint density at radius 2 is 2.10 bits per heavy atom. The quantitative estimate of drug-likeness (QED) is 0.691. The second-order valence-corrected chi connectivity index (χ2v) is 4.94. The van der Waals surface area contributed by atoms with Gasteiger partial charge in [-0.15, -0.1) is 16.4 Å². The molecule has 0 N–H and O–H groups in total. The second kappa shape index (κ2) is 5.30. The van der Waals surface area contributed by atoms with E-state index in [0.29, 0.717) is 23.5 Å². The van der Waals surface area contributed by atoms with Crippen LogP contribution in [0, 0.1) is 5.82 Å². The van der Waals surface area contributed by atoms with Gasteiger partial charge in [-0.05, 0) is 17.7 Å². The molecule has 100 valence electrons. The van der Waals surface area contributed by atoms with Crippen molar-refractivity contribution in [2.75, 3.05) is 0 Å². The number of thiazole rings is 1. The molecule has 0 fully saturated rings. The maximum atomic E-state index is 12.9. The van der Waals surface area contributed by atoms with Gasteiger partial charge in [0.05, 0.1) is 5.69 Å². The fourth-order valence-corrected chi connectivity index (χ4v) is 2.45. The van der Waals surface area contributed by atoms with E-state index in [2.05, 4.69) is 15.3 Å². The Hall–Kier alpha value is -2.41. The van der Waals surface area contributed by atoms with Gasteiger partial charge < -0.3 is 0 Å². The van der Waals surface area contributed by atoms with Crippen LogP contribution in [-0.2, 0) is 6.42 Å². The van der Waals surface area contributed by atoms with Crippen LogP contribution in [0.5, 0.6) is 0 Å². The molecule has 2 aromatic heterocycles. The standard InChI is InChI=1S/C13H9FN4OS/c14-10-3-1-9(2-4-10)7-12-11(8-19)16-17-18(12)13-15-5-6-20-13/h1-6,8H,7H2. The van der Waals surface area contributed by atoms with Crippen molar-refractivity contribution in [3.8, 4) is 5.13 Å². The van der Waals surface area contributed by atoms with E-state index in [9.17, 15) is 9.18 Å². The number of rotatable bonds is 4. The number of benzene rings is 1. The summed E-state index contributed by atoms with van der Waals surface area (Å²) in [5, 5.41) is 10.3. The van der Waals surface area contributed by atoms with Gasteiger partial charge in [0.15, 0.2) is 6.29 Å². The van der Waals surface area contributed by atoms with Gasteiger partial charge in [0.1, 0.15) is 11.5 Å². The van der Waals surface area contributed by atoms with E-state index in [0.717, 1.165) is 5.56 Å². The summed E-state index contributed by atoms with van der Waals surface area (Å²) >= 11 is 1.40. The molecule has 20 heavy (non-hydrogen) atoms. The predicted molar refractivity (Wildman–Crippen MR) is 71.6 cm³/mol. The molecule has 0 radical (unpaired) electrons. The van der Waals surface area contributed by atoms with Gasteiger partial charge in [-0.25, -0.2) is 9.37 Å². The maximum absolute atomic E-state index is 12.9. The summed E-state index contributed by atoms with van der Waals surface area (Å²) in [7, 11) is 0. The molecule has 5 nitrogen and oxygen atoms in total. The van der Waals surface area contributed by atoms with Crippen LogP contribution >= 0.6 is 11.3 Å². The molecule has 0 spiro atoms. The Morgan fingerprint density at radius 3 is 2.75 bits per heavy atom. The summed E-state index contributed by atoms with van der Waals surface area (Å²) in [6.45, 7) is 0. The van der Waals surface area contributed by atoms with E-state index in [4.69, 9.17) is 0 Å². The normalized spacial score (nSPS) is 10.7. The SMILES string of the molecule is O=Cc1nnn(-c2nccs2)c1Cc1ccc(F)cc1. The Bertz CT molecular complexity index is 721. The fraction of sp³-hybridized carbons (Fsp3) is 0.0769. The topological polar surface area (TPSA) is 60.7 Å². The molecule has 1 aromatic carbocycles. The minimum Gasteiger partial charge on any atom is -0.296 e. The zero-order valence-electron chi connectivity index (χ0n) is 10.2. The molecule has 3 aromatic rings. The van der Waals surface area contributed by atoms with E-state index >= 15 is 0 Å². The minimum atomic E-state index is -0.295. The van der Waals surface area contributed by atoms with E-state index < -0.39 is 0 Å². The molecule has 0 aliphatic carbocycles. The Labute approximate surface area is 117 Å². The first-order valence-electron chi connectivity index (χ1n) is 5.82. The predicted octanol–water partition coefficient (Wildman–Crippen LogP) is 2.27. The summed E-state index contributed by atoms with van der Waals surface area (Å²) < 4.78 is 14.5. The highest BCUT2D eigenvalue weighted by molar-refractivity contribution is 7.12. The molecular formula is C13H9FN4OS. The lowest BCUT2D eigenvalue weighted by molar-refractivity contribution is 0.111. The molecular weight excluding hydrogens is 279 g/mol. The first-order valence-corrected chi connectivity index (χ1v) is 6.70. The number of nitrogens with zero attached hydrogens (tertiary/aromatic N) is 4. The summed E-state index contributed by atoms with van der Waals surface area (Å²) in [6.07, 6.45) is 2.75. The van der Waals surface area contributed by atoms with Crippen molar-refractivity contribution in [2.24, 2.45) is 0 Å². The lowest BCUT2D eigenvalue weighted by atomic mass is 10.1. The van der Waals surface area contributed by atoms with Crippen LogP contribution in [0.3, 0.4) is 0 Å². The maximum Gasteiger partial charge on any atom is 0.211 e. The van der Waals surface area contributed by atoms with Crippen molar-refractivity contribution in [2.45, 2.75) is 6.42 Å². The van der Waals surface area contributed by atoms with Crippen molar-refractivity contribution in [3.05, 3.63) is 58.6 Å². The molecule has 0 saturated heterocycles. The smallest absolute Gasteiger partial charge is 0.211 e. The van der Waals surface area contributed by atoms with Crippen molar-refractivity contribution in [1.82, 2.24) is 20.0 Å². The number of carbonyl (C=O) groups is 1. The van der Waals surface area contributed by atoms with Gasteiger partial charge in [-0.3, -0.25) is 4.79 Å². The van der Waals surface area contributed by atoms with Crippen LogP contribution in [0.1, 0.15) is 21.7 Å². The van der Waals surface area contributed by atoms with Crippen molar-refractivity contribution >= 4 is 17.6 Å². The van der Waals surface area contributed by atoms with Crippen molar-refractivity contribution in [1.29, 1.82) is 0 Å². The number of hydrogen-bond acceptors (Lipinski definition) is 5. The highest BCUT2D eigenvalue weighted by Gasteiger charge is 2.15. The number of aromatic nitrogens is 4. The summed E-state index contributed by atoms with van der Waals surface area (Å²) in [4.78, 5) is 15.2. The molecule has 0 amide bonds. The molecule has 0 unspecified atom stereocenters. The van der Waals surface area contributed by atoms with Crippen LogP contribution in [-0.4, -0.2) is 26.3 Å². The molecule has 2 heterocycles. The highest BCUT2D eigenvalue weighted by Crippen LogP contribution is 2.18. The average molecular weight is 288 g/mol. The van der Waals surface area contributed by atoms with Gasteiger partial charge >= 0.3 is 0 Å². The largest absolute Gasteiger partial charge is 0.296 e. The molecule has 0 atom stereocenters. The van der Waals surface area contributed by atoms with Crippen LogP contribution in [0.2, 0.25) is 0 Å². The lowest BCUT2D eigenvalue weighted by Crippen LogP contribution is -2.04. The Kier molecular flexibility index (Phi) is 3.34. The minimum absolute atomic E-state index is 0.268. The molecule has 7 heteroatoms. The first-order chi connectivity index (χ1) is 9.78.